The molecule has 0 fully saturated rings. The Balaban J connectivity index is 2.22. The standard InChI is InChI=1S/C26H36N2O4Si/c1-9-11-19-16-22-24(32-33(7,8)26(4,5)6)28(25(30)31-14-10-2)21-13-12-18(3)15-20(21)23(29)27(22)17-19/h9-13,15,17,22,24H,2,14,16H2,1,3-8H3/b11-9+/t22-,24-/m0/s1. The summed E-state index contributed by atoms with van der Waals surface area (Å²) in [4.78, 5) is 30.5. The number of amides is 2. The van der Waals surface area contributed by atoms with Crippen LogP contribution in [0.25, 0.3) is 0 Å². The highest BCUT2D eigenvalue weighted by atomic mass is 28.4. The molecule has 1 aromatic rings. The molecular weight excluding hydrogens is 432 g/mol. The Morgan fingerprint density at radius 3 is 2.61 bits per heavy atom. The number of nitrogens with zero attached hydrogens (tertiary/aromatic N) is 2. The second-order valence-corrected chi connectivity index (χ2v) is 15.0. The van der Waals surface area contributed by atoms with Gasteiger partial charge in [0.1, 0.15) is 6.61 Å². The van der Waals surface area contributed by atoms with Crippen molar-refractivity contribution in [3.63, 3.8) is 0 Å². The van der Waals surface area contributed by atoms with E-state index in [4.69, 9.17) is 9.16 Å². The average molecular weight is 469 g/mol. The maximum Gasteiger partial charge on any atom is 0.416 e. The first kappa shape index (κ1) is 25.0. The number of fused-ring (bicyclic) bond motifs is 2. The topological polar surface area (TPSA) is 59.1 Å². The van der Waals surface area contributed by atoms with Crippen LogP contribution < -0.4 is 4.90 Å². The number of hydrogen-bond donors (Lipinski definition) is 0. The lowest BCUT2D eigenvalue weighted by molar-refractivity contribution is 0.0589. The molecule has 2 atom stereocenters. The molecule has 33 heavy (non-hydrogen) atoms. The van der Waals surface area contributed by atoms with Crippen LogP contribution in [-0.4, -0.2) is 44.1 Å². The summed E-state index contributed by atoms with van der Waals surface area (Å²) >= 11 is 0. The van der Waals surface area contributed by atoms with Crippen LogP contribution in [0.15, 0.2) is 54.8 Å². The Bertz CT molecular complexity index is 1010. The Kier molecular flexibility index (Phi) is 7.05. The average Bonchev–Trinajstić information content (AvgIpc) is 3.12. The molecule has 0 N–H and O–H groups in total. The molecule has 0 spiro atoms. The number of rotatable bonds is 5. The van der Waals surface area contributed by atoms with Crippen molar-refractivity contribution < 1.29 is 18.8 Å². The summed E-state index contributed by atoms with van der Waals surface area (Å²) in [5.41, 5.74) is 2.95. The van der Waals surface area contributed by atoms with Gasteiger partial charge in [-0.15, -0.1) is 0 Å². The predicted octanol–water partition coefficient (Wildman–Crippen LogP) is 6.16. The lowest BCUT2D eigenvalue weighted by Gasteiger charge is -2.44. The van der Waals surface area contributed by atoms with E-state index in [1.807, 2.05) is 50.4 Å². The number of hydrogen-bond acceptors (Lipinski definition) is 4. The fraction of sp³-hybridized carbons (Fsp3) is 0.462. The van der Waals surface area contributed by atoms with Gasteiger partial charge in [0.05, 0.1) is 17.3 Å². The molecule has 178 valence electrons. The number of benzene rings is 1. The van der Waals surface area contributed by atoms with Gasteiger partial charge < -0.3 is 14.1 Å². The second kappa shape index (κ2) is 9.31. The third-order valence-corrected chi connectivity index (χ3v) is 11.1. The van der Waals surface area contributed by atoms with Crippen molar-refractivity contribution in [1.29, 1.82) is 0 Å². The molecule has 0 unspecified atom stereocenters. The molecule has 6 nitrogen and oxygen atoms in total. The van der Waals surface area contributed by atoms with Crippen LogP contribution in [0.4, 0.5) is 10.5 Å². The summed E-state index contributed by atoms with van der Waals surface area (Å²) in [6, 6.07) is 5.19. The Labute approximate surface area is 198 Å². The van der Waals surface area contributed by atoms with E-state index in [1.54, 1.807) is 9.80 Å². The Morgan fingerprint density at radius 2 is 2.00 bits per heavy atom. The minimum Gasteiger partial charge on any atom is -0.445 e. The molecule has 2 aliphatic rings. The van der Waals surface area contributed by atoms with Crippen molar-refractivity contribution in [3.05, 3.63) is 65.9 Å². The molecule has 3 rings (SSSR count). The summed E-state index contributed by atoms with van der Waals surface area (Å²) in [5.74, 6) is -0.138. The number of carbonyl (C=O) groups excluding carboxylic acids is 2. The molecule has 0 saturated heterocycles. The highest BCUT2D eigenvalue weighted by molar-refractivity contribution is 6.74. The summed E-state index contributed by atoms with van der Waals surface area (Å²) in [6.07, 6.45) is 6.75. The zero-order valence-corrected chi connectivity index (χ0v) is 21.8. The van der Waals surface area contributed by atoms with Crippen molar-refractivity contribution in [2.75, 3.05) is 11.5 Å². The molecular formula is C26H36N2O4Si. The van der Waals surface area contributed by atoms with Gasteiger partial charge in [-0.3, -0.25) is 4.79 Å². The Hall–Kier alpha value is -2.64. The highest BCUT2D eigenvalue weighted by Gasteiger charge is 2.50. The van der Waals surface area contributed by atoms with Crippen LogP contribution >= 0.6 is 0 Å². The van der Waals surface area contributed by atoms with Gasteiger partial charge in [0.15, 0.2) is 14.5 Å². The van der Waals surface area contributed by atoms with Gasteiger partial charge in [0, 0.05) is 6.20 Å². The molecule has 0 saturated carbocycles. The highest BCUT2D eigenvalue weighted by Crippen LogP contribution is 2.43. The zero-order valence-electron chi connectivity index (χ0n) is 20.8. The molecule has 2 aliphatic heterocycles. The van der Waals surface area contributed by atoms with Crippen LogP contribution in [0.1, 0.15) is 50.0 Å². The van der Waals surface area contributed by atoms with Crippen molar-refractivity contribution in [2.24, 2.45) is 0 Å². The molecule has 7 heteroatoms. The Morgan fingerprint density at radius 1 is 1.30 bits per heavy atom. The zero-order chi connectivity index (χ0) is 24.6. The van der Waals surface area contributed by atoms with E-state index >= 15 is 0 Å². The number of anilines is 1. The van der Waals surface area contributed by atoms with Crippen LogP contribution in [0.5, 0.6) is 0 Å². The first-order valence-electron chi connectivity index (χ1n) is 11.4. The van der Waals surface area contributed by atoms with Gasteiger partial charge in [-0.2, -0.15) is 0 Å². The monoisotopic (exact) mass is 468 g/mol. The van der Waals surface area contributed by atoms with Gasteiger partial charge in [0.25, 0.3) is 5.91 Å². The summed E-state index contributed by atoms with van der Waals surface area (Å²) in [5, 5.41) is -0.0842. The molecule has 2 amide bonds. The van der Waals surface area contributed by atoms with Crippen LogP contribution in [-0.2, 0) is 9.16 Å². The second-order valence-electron chi connectivity index (χ2n) is 10.2. The smallest absolute Gasteiger partial charge is 0.416 e. The molecule has 0 bridgehead atoms. The SMILES string of the molecule is C=CCOC(=O)N1c2ccc(C)cc2C(=O)N2C=C(/C=C/C)C[C@H]2[C@@H]1O[Si](C)(C)C(C)(C)C. The lowest BCUT2D eigenvalue weighted by atomic mass is 10.1. The van der Waals surface area contributed by atoms with E-state index in [9.17, 15) is 9.59 Å². The summed E-state index contributed by atoms with van der Waals surface area (Å²) in [6.45, 7) is 18.4. The number of allylic oxidation sites excluding steroid dienone is 2. The fourth-order valence-electron chi connectivity index (χ4n) is 3.93. The maximum absolute atomic E-state index is 13.7. The molecule has 1 aromatic carbocycles. The lowest BCUT2D eigenvalue weighted by Crippen LogP contribution is -2.57. The van der Waals surface area contributed by atoms with Crippen molar-refractivity contribution >= 4 is 26.0 Å². The maximum atomic E-state index is 13.7. The number of ether oxygens (including phenoxy) is 1. The van der Waals surface area contributed by atoms with Gasteiger partial charge in [-0.1, -0.05) is 57.2 Å². The normalized spacial score (nSPS) is 20.9. The molecule has 0 aromatic heterocycles. The van der Waals surface area contributed by atoms with Gasteiger partial charge in [-0.05, 0) is 56.1 Å². The van der Waals surface area contributed by atoms with Crippen LogP contribution in [0, 0.1) is 6.92 Å². The van der Waals surface area contributed by atoms with E-state index in [0.29, 0.717) is 17.7 Å². The first-order valence-corrected chi connectivity index (χ1v) is 14.3. The van der Waals surface area contributed by atoms with Crippen molar-refractivity contribution in [1.82, 2.24) is 4.90 Å². The minimum atomic E-state index is -2.34. The van der Waals surface area contributed by atoms with E-state index in [0.717, 1.165) is 11.1 Å². The quantitative estimate of drug-likeness (QED) is 0.384. The number of carbonyl (C=O) groups is 2. The third kappa shape index (κ3) is 4.84. The van der Waals surface area contributed by atoms with Crippen LogP contribution in [0.2, 0.25) is 18.1 Å². The third-order valence-electron chi connectivity index (χ3n) is 6.69. The van der Waals surface area contributed by atoms with E-state index in [-0.39, 0.29) is 23.6 Å². The molecule has 0 radical (unpaired) electrons. The summed E-state index contributed by atoms with van der Waals surface area (Å²) < 4.78 is 12.4. The predicted molar refractivity (Wildman–Crippen MR) is 135 cm³/mol. The van der Waals surface area contributed by atoms with Crippen molar-refractivity contribution in [2.45, 2.75) is 71.4 Å². The fourth-order valence-corrected chi connectivity index (χ4v) is 5.15. The van der Waals surface area contributed by atoms with Crippen LogP contribution in [0.3, 0.4) is 0 Å². The van der Waals surface area contributed by atoms with E-state index in [1.165, 1.54) is 6.08 Å². The van der Waals surface area contributed by atoms with Gasteiger partial charge in [0.2, 0.25) is 0 Å². The number of aryl methyl sites for hydroxylation is 1. The van der Waals surface area contributed by atoms with Gasteiger partial charge >= 0.3 is 6.09 Å². The first-order chi connectivity index (χ1) is 15.4. The van der Waals surface area contributed by atoms with Gasteiger partial charge in [-0.25, -0.2) is 9.69 Å². The largest absolute Gasteiger partial charge is 0.445 e. The van der Waals surface area contributed by atoms with Crippen molar-refractivity contribution in [3.8, 4) is 0 Å². The molecule has 0 aliphatic carbocycles. The molecule has 2 heterocycles. The minimum absolute atomic E-state index is 0.0771. The van der Waals surface area contributed by atoms with E-state index in [2.05, 4.69) is 40.4 Å². The summed E-state index contributed by atoms with van der Waals surface area (Å²) in [7, 11) is -2.34. The van der Waals surface area contributed by atoms with E-state index < -0.39 is 20.6 Å².